The van der Waals surface area contributed by atoms with E-state index in [-0.39, 0.29) is 24.0 Å². The standard InChI is InChI=1S/C20H27N7O/c1-12(2)27(13(3)4)19-23-18(24-20(25-19)28-6)26-22-11-15-10-21-17-14(5)8-7-9-16(15)17/h7-10,12-13,21H,11H2,1-6H3. The Kier molecular flexibility index (Phi) is 5.87. The predicted octanol–water partition coefficient (Wildman–Crippen LogP) is 4.58. The van der Waals surface area contributed by atoms with Gasteiger partial charge in [-0.25, -0.2) is 0 Å². The van der Waals surface area contributed by atoms with Crippen LogP contribution >= 0.6 is 0 Å². The first-order valence-corrected chi connectivity index (χ1v) is 9.42. The fourth-order valence-electron chi connectivity index (χ4n) is 3.31. The van der Waals surface area contributed by atoms with Crippen LogP contribution in [0.3, 0.4) is 0 Å². The van der Waals surface area contributed by atoms with Crippen LogP contribution in [0.2, 0.25) is 0 Å². The zero-order valence-electron chi connectivity index (χ0n) is 17.3. The van der Waals surface area contributed by atoms with E-state index in [0.29, 0.717) is 12.5 Å². The third-order valence-electron chi connectivity index (χ3n) is 4.53. The molecule has 8 nitrogen and oxygen atoms in total. The first-order chi connectivity index (χ1) is 13.4. The summed E-state index contributed by atoms with van der Waals surface area (Å²) in [6, 6.07) is 6.89. The van der Waals surface area contributed by atoms with Crippen LogP contribution in [0.4, 0.5) is 11.9 Å². The smallest absolute Gasteiger partial charge is 0.322 e. The second-order valence-corrected chi connectivity index (χ2v) is 7.23. The summed E-state index contributed by atoms with van der Waals surface area (Å²) in [4.78, 5) is 18.5. The number of rotatable bonds is 7. The first kappa shape index (κ1) is 19.7. The second-order valence-electron chi connectivity index (χ2n) is 7.23. The lowest BCUT2D eigenvalue weighted by atomic mass is 10.1. The van der Waals surface area contributed by atoms with E-state index in [1.165, 1.54) is 12.7 Å². The molecule has 2 heterocycles. The highest BCUT2D eigenvalue weighted by Crippen LogP contribution is 2.23. The molecule has 0 bridgehead atoms. The molecule has 3 aromatic rings. The van der Waals surface area contributed by atoms with E-state index < -0.39 is 0 Å². The number of hydrogen-bond acceptors (Lipinski definition) is 7. The van der Waals surface area contributed by atoms with Crippen LogP contribution in [0.1, 0.15) is 38.8 Å². The van der Waals surface area contributed by atoms with Gasteiger partial charge in [0.1, 0.15) is 0 Å². The third kappa shape index (κ3) is 4.11. The summed E-state index contributed by atoms with van der Waals surface area (Å²) >= 11 is 0. The average molecular weight is 381 g/mol. The average Bonchev–Trinajstić information content (AvgIpc) is 3.05. The molecule has 28 heavy (non-hydrogen) atoms. The third-order valence-corrected chi connectivity index (χ3v) is 4.53. The maximum absolute atomic E-state index is 5.23. The molecule has 3 rings (SSSR count). The van der Waals surface area contributed by atoms with Gasteiger partial charge in [0, 0.05) is 34.7 Å². The monoisotopic (exact) mass is 381 g/mol. The van der Waals surface area contributed by atoms with Gasteiger partial charge in [-0.2, -0.15) is 20.1 Å². The molecule has 1 aromatic carbocycles. The summed E-state index contributed by atoms with van der Waals surface area (Å²) in [5.74, 6) is 0.776. The summed E-state index contributed by atoms with van der Waals surface area (Å²) in [5.41, 5.74) is 3.41. The molecule has 0 amide bonds. The van der Waals surface area contributed by atoms with Crippen LogP contribution < -0.4 is 9.64 Å². The molecule has 0 fully saturated rings. The Balaban J connectivity index is 1.86. The first-order valence-electron chi connectivity index (χ1n) is 9.42. The molecule has 0 spiro atoms. The summed E-state index contributed by atoms with van der Waals surface area (Å²) in [7, 11) is 1.53. The van der Waals surface area contributed by atoms with E-state index in [1.807, 2.05) is 12.3 Å². The van der Waals surface area contributed by atoms with Gasteiger partial charge < -0.3 is 14.6 Å². The highest BCUT2D eigenvalue weighted by atomic mass is 16.5. The number of hydrogen-bond donors (Lipinski definition) is 1. The number of anilines is 1. The SMILES string of the molecule is COc1nc(N=NCc2c[nH]c3c(C)cccc23)nc(N(C(C)C)C(C)C)n1. The zero-order valence-corrected chi connectivity index (χ0v) is 17.3. The Labute approximate surface area is 165 Å². The van der Waals surface area contributed by atoms with Crippen LogP contribution in [0.5, 0.6) is 6.01 Å². The van der Waals surface area contributed by atoms with Gasteiger partial charge in [0.15, 0.2) is 0 Å². The van der Waals surface area contributed by atoms with Gasteiger partial charge in [-0.05, 0) is 40.2 Å². The van der Waals surface area contributed by atoms with E-state index >= 15 is 0 Å². The molecule has 0 aliphatic carbocycles. The summed E-state index contributed by atoms with van der Waals surface area (Å²) in [6.45, 7) is 10.9. The van der Waals surface area contributed by atoms with Crippen molar-refractivity contribution in [3.8, 4) is 6.01 Å². The molecule has 1 N–H and O–H groups in total. The number of nitrogens with one attached hydrogen (secondary N) is 1. The highest BCUT2D eigenvalue weighted by Gasteiger charge is 2.19. The normalized spacial score (nSPS) is 11.9. The van der Waals surface area contributed by atoms with E-state index in [4.69, 9.17) is 4.74 Å². The fourth-order valence-corrected chi connectivity index (χ4v) is 3.31. The molecule has 0 aliphatic heterocycles. The van der Waals surface area contributed by atoms with Crippen LogP contribution in [0.25, 0.3) is 10.9 Å². The molecular formula is C20H27N7O. The predicted molar refractivity (Wildman–Crippen MR) is 110 cm³/mol. The fraction of sp³-hybridized carbons (Fsp3) is 0.450. The van der Waals surface area contributed by atoms with E-state index in [2.05, 4.69) is 81.8 Å². The minimum Gasteiger partial charge on any atom is -0.467 e. The Morgan fingerprint density at radius 1 is 1.11 bits per heavy atom. The lowest BCUT2D eigenvalue weighted by Crippen LogP contribution is -2.38. The zero-order chi connectivity index (χ0) is 20.3. The molecular weight excluding hydrogens is 354 g/mol. The molecule has 8 heteroatoms. The number of aromatic nitrogens is 4. The van der Waals surface area contributed by atoms with Crippen molar-refractivity contribution in [2.24, 2.45) is 10.2 Å². The number of fused-ring (bicyclic) bond motifs is 1. The van der Waals surface area contributed by atoms with Crippen molar-refractivity contribution in [3.05, 3.63) is 35.5 Å². The van der Waals surface area contributed by atoms with E-state index in [1.54, 1.807) is 0 Å². The number of ether oxygens (including phenoxy) is 1. The van der Waals surface area contributed by atoms with Crippen molar-refractivity contribution in [1.29, 1.82) is 0 Å². The van der Waals surface area contributed by atoms with E-state index in [0.717, 1.165) is 16.5 Å². The van der Waals surface area contributed by atoms with Gasteiger partial charge >= 0.3 is 6.01 Å². The van der Waals surface area contributed by atoms with Crippen LogP contribution in [0, 0.1) is 6.92 Å². The van der Waals surface area contributed by atoms with Crippen molar-refractivity contribution in [2.75, 3.05) is 12.0 Å². The number of para-hydroxylation sites is 1. The summed E-state index contributed by atoms with van der Waals surface area (Å²) in [6.07, 6.45) is 1.97. The Morgan fingerprint density at radius 3 is 2.54 bits per heavy atom. The topological polar surface area (TPSA) is 91.7 Å². The quantitative estimate of drug-likeness (QED) is 0.605. The maximum atomic E-state index is 5.23. The van der Waals surface area contributed by atoms with Gasteiger partial charge in [0.2, 0.25) is 5.95 Å². The lowest BCUT2D eigenvalue weighted by Gasteiger charge is -2.30. The molecule has 2 aromatic heterocycles. The van der Waals surface area contributed by atoms with Crippen LogP contribution in [-0.2, 0) is 6.54 Å². The summed E-state index contributed by atoms with van der Waals surface area (Å²) < 4.78 is 5.23. The van der Waals surface area contributed by atoms with E-state index in [9.17, 15) is 0 Å². The van der Waals surface area contributed by atoms with Crippen molar-refractivity contribution < 1.29 is 4.74 Å². The van der Waals surface area contributed by atoms with Crippen LogP contribution in [-0.4, -0.2) is 39.1 Å². The molecule has 0 saturated heterocycles. The number of azo groups is 1. The number of benzene rings is 1. The number of nitrogens with zero attached hydrogens (tertiary/aromatic N) is 6. The maximum Gasteiger partial charge on any atom is 0.322 e. The Morgan fingerprint density at radius 2 is 1.86 bits per heavy atom. The van der Waals surface area contributed by atoms with Crippen LogP contribution in [0.15, 0.2) is 34.6 Å². The van der Waals surface area contributed by atoms with Gasteiger partial charge in [-0.3, -0.25) is 0 Å². The largest absolute Gasteiger partial charge is 0.467 e. The van der Waals surface area contributed by atoms with Gasteiger partial charge in [0.25, 0.3) is 5.95 Å². The number of methoxy groups -OCH3 is 1. The molecule has 0 atom stereocenters. The van der Waals surface area contributed by atoms with Gasteiger partial charge in [-0.15, -0.1) is 5.11 Å². The lowest BCUT2D eigenvalue weighted by molar-refractivity contribution is 0.377. The second kappa shape index (κ2) is 8.33. The van der Waals surface area contributed by atoms with Crippen molar-refractivity contribution in [3.63, 3.8) is 0 Å². The minimum atomic E-state index is 0.228. The molecule has 0 saturated carbocycles. The Hall–Kier alpha value is -3.03. The molecule has 0 unspecified atom stereocenters. The van der Waals surface area contributed by atoms with Crippen molar-refractivity contribution >= 4 is 22.8 Å². The van der Waals surface area contributed by atoms with Gasteiger partial charge in [0.05, 0.1) is 13.7 Å². The summed E-state index contributed by atoms with van der Waals surface area (Å²) in [5, 5.41) is 9.68. The van der Waals surface area contributed by atoms with Crippen molar-refractivity contribution in [2.45, 2.75) is 53.2 Å². The molecule has 0 aliphatic rings. The number of H-pyrrole nitrogens is 1. The number of aryl methyl sites for hydroxylation is 1. The van der Waals surface area contributed by atoms with Crippen molar-refractivity contribution in [1.82, 2.24) is 19.9 Å². The minimum absolute atomic E-state index is 0.228. The molecule has 0 radical (unpaired) electrons. The van der Waals surface area contributed by atoms with Gasteiger partial charge in [-0.1, -0.05) is 18.2 Å². The highest BCUT2D eigenvalue weighted by molar-refractivity contribution is 5.85. The number of aromatic amines is 1. The molecule has 148 valence electrons. The Bertz CT molecular complexity index is 970.